The van der Waals surface area contributed by atoms with Gasteiger partial charge < -0.3 is 10.3 Å². The lowest BCUT2D eigenvalue weighted by atomic mass is 10.1. The van der Waals surface area contributed by atoms with E-state index in [4.69, 9.17) is 0 Å². The maximum Gasteiger partial charge on any atom is 0.259 e. The van der Waals surface area contributed by atoms with E-state index in [9.17, 15) is 14.4 Å². The molecule has 0 saturated carbocycles. The monoisotopic (exact) mass is 401 g/mol. The van der Waals surface area contributed by atoms with Gasteiger partial charge in [0.05, 0.1) is 22.6 Å². The van der Waals surface area contributed by atoms with E-state index in [-0.39, 0.29) is 23.0 Å². The predicted octanol–water partition coefficient (Wildman–Crippen LogP) is 3.68. The number of nitrogens with zero attached hydrogens (tertiary/aromatic N) is 1. The number of ketones is 1. The van der Waals surface area contributed by atoms with E-state index >= 15 is 0 Å². The largest absolute Gasteiger partial charge is 0.325 e. The van der Waals surface area contributed by atoms with Crippen molar-refractivity contribution in [2.24, 2.45) is 0 Å². The molecule has 0 aliphatic rings. The third-order valence-corrected chi connectivity index (χ3v) is 6.19. The minimum atomic E-state index is -0.208. The van der Waals surface area contributed by atoms with E-state index in [0.29, 0.717) is 28.2 Å². The van der Waals surface area contributed by atoms with Crippen LogP contribution in [0.2, 0.25) is 0 Å². The summed E-state index contributed by atoms with van der Waals surface area (Å²) in [6.45, 7) is 5.35. The summed E-state index contributed by atoms with van der Waals surface area (Å²) in [5.74, 6) is 0.852. The average Bonchev–Trinajstić information content (AvgIpc) is 2.89. The Morgan fingerprint density at radius 1 is 1.26 bits per heavy atom. The number of hydrogen-bond donors (Lipinski definition) is 2. The van der Waals surface area contributed by atoms with Crippen LogP contribution < -0.4 is 10.9 Å². The summed E-state index contributed by atoms with van der Waals surface area (Å²) in [7, 11) is 0. The van der Waals surface area contributed by atoms with E-state index in [1.165, 1.54) is 30.0 Å². The molecule has 3 aromatic rings. The number of para-hydroxylation sites is 1. The summed E-state index contributed by atoms with van der Waals surface area (Å²) in [4.78, 5) is 45.2. The molecule has 0 bridgehead atoms. The number of aryl methyl sites for hydroxylation is 2. The highest BCUT2D eigenvalue weighted by molar-refractivity contribution is 7.99. The van der Waals surface area contributed by atoms with Crippen LogP contribution in [-0.4, -0.2) is 27.4 Å². The number of benzene rings is 1. The number of Topliss-reactive ketones (excluding diaryl/α,β-unsaturated/α-hetero) is 1. The Kier molecular flexibility index (Phi) is 5.76. The molecule has 2 heterocycles. The first-order valence-electron chi connectivity index (χ1n) is 8.33. The topological polar surface area (TPSA) is 91.9 Å². The lowest BCUT2D eigenvalue weighted by molar-refractivity contribution is -0.113. The number of aromatic nitrogens is 2. The van der Waals surface area contributed by atoms with Gasteiger partial charge in [0.15, 0.2) is 5.78 Å². The highest BCUT2D eigenvalue weighted by atomic mass is 32.2. The van der Waals surface area contributed by atoms with Crippen molar-refractivity contribution in [2.75, 3.05) is 11.1 Å². The summed E-state index contributed by atoms with van der Waals surface area (Å²) >= 11 is 2.85. The summed E-state index contributed by atoms with van der Waals surface area (Å²) < 4.78 is 0. The van der Waals surface area contributed by atoms with Crippen molar-refractivity contribution in [2.45, 2.75) is 26.5 Å². The van der Waals surface area contributed by atoms with Crippen LogP contribution in [0.15, 0.2) is 29.1 Å². The van der Waals surface area contributed by atoms with Gasteiger partial charge in [0.25, 0.3) is 5.56 Å². The first kappa shape index (κ1) is 19.3. The molecule has 27 heavy (non-hydrogen) atoms. The quantitative estimate of drug-likeness (QED) is 0.615. The van der Waals surface area contributed by atoms with Gasteiger partial charge >= 0.3 is 0 Å². The molecule has 0 atom stereocenters. The van der Waals surface area contributed by atoms with Crippen molar-refractivity contribution < 1.29 is 9.59 Å². The lowest BCUT2D eigenvalue weighted by Crippen LogP contribution is -2.17. The van der Waals surface area contributed by atoms with Gasteiger partial charge in [-0.05, 0) is 38.5 Å². The maximum absolute atomic E-state index is 12.3. The molecular formula is C19H19N3O3S2. The molecular weight excluding hydrogens is 382 g/mol. The molecule has 3 rings (SSSR count). The second kappa shape index (κ2) is 8.06. The minimum Gasteiger partial charge on any atom is -0.325 e. The number of carbonyl (C=O) groups excluding carboxylic acids is 2. The number of fused-ring (bicyclic) bond motifs is 1. The zero-order valence-electron chi connectivity index (χ0n) is 15.2. The van der Waals surface area contributed by atoms with E-state index in [1.807, 2.05) is 13.8 Å². The summed E-state index contributed by atoms with van der Waals surface area (Å²) in [6, 6.07) is 6.91. The first-order valence-corrected chi connectivity index (χ1v) is 10.3. The number of anilines is 1. The van der Waals surface area contributed by atoms with Crippen LogP contribution in [0.1, 0.15) is 33.5 Å². The van der Waals surface area contributed by atoms with Crippen molar-refractivity contribution >= 4 is 50.7 Å². The third kappa shape index (κ3) is 4.28. The Hall–Kier alpha value is -2.45. The summed E-state index contributed by atoms with van der Waals surface area (Å²) in [5, 5.41) is 3.40. The van der Waals surface area contributed by atoms with Gasteiger partial charge in [0.1, 0.15) is 10.7 Å². The second-order valence-corrected chi connectivity index (χ2v) is 8.31. The molecule has 1 amide bonds. The van der Waals surface area contributed by atoms with Crippen molar-refractivity contribution in [1.82, 2.24) is 9.97 Å². The smallest absolute Gasteiger partial charge is 0.259 e. The van der Waals surface area contributed by atoms with Crippen LogP contribution in [0, 0.1) is 13.8 Å². The minimum absolute atomic E-state index is 0.102. The fourth-order valence-corrected chi connectivity index (χ4v) is 4.43. The number of hydrogen-bond acceptors (Lipinski definition) is 6. The van der Waals surface area contributed by atoms with Crippen molar-refractivity contribution in [3.63, 3.8) is 0 Å². The zero-order valence-corrected chi connectivity index (χ0v) is 16.8. The molecule has 1 aromatic carbocycles. The standard InChI is InChI=1S/C19H19N3O3S2/c1-10-12(3)27-19-17(10)18(25)21-15(22-19)8-26-9-16(24)20-14-7-5-4-6-13(14)11(2)23/h4-7H,8-9H2,1-3H3,(H,20,24)(H,21,22,25). The number of H-pyrrole nitrogens is 1. The second-order valence-electron chi connectivity index (χ2n) is 6.12. The molecule has 0 unspecified atom stereocenters. The number of thioether (sulfide) groups is 1. The summed E-state index contributed by atoms with van der Waals surface area (Å²) in [5.41, 5.74) is 1.81. The molecule has 0 aliphatic heterocycles. The van der Waals surface area contributed by atoms with Gasteiger partial charge in [-0.3, -0.25) is 14.4 Å². The van der Waals surface area contributed by atoms with Gasteiger partial charge in [0.2, 0.25) is 5.91 Å². The summed E-state index contributed by atoms with van der Waals surface area (Å²) in [6.07, 6.45) is 0. The molecule has 8 heteroatoms. The normalized spacial score (nSPS) is 10.9. The van der Waals surface area contributed by atoms with Crippen molar-refractivity contribution in [3.05, 3.63) is 56.4 Å². The highest BCUT2D eigenvalue weighted by Crippen LogP contribution is 2.26. The van der Waals surface area contributed by atoms with Crippen molar-refractivity contribution in [1.29, 1.82) is 0 Å². The van der Waals surface area contributed by atoms with Crippen LogP contribution >= 0.6 is 23.1 Å². The van der Waals surface area contributed by atoms with Gasteiger partial charge in [-0.25, -0.2) is 4.98 Å². The van der Waals surface area contributed by atoms with Gasteiger partial charge in [-0.2, -0.15) is 0 Å². The predicted molar refractivity (Wildman–Crippen MR) is 111 cm³/mol. The SMILES string of the molecule is CC(=O)c1ccccc1NC(=O)CSCc1nc2sc(C)c(C)c2c(=O)[nH]1. The van der Waals surface area contributed by atoms with Crippen LogP contribution in [0.5, 0.6) is 0 Å². The van der Waals surface area contributed by atoms with E-state index in [2.05, 4.69) is 15.3 Å². The van der Waals surface area contributed by atoms with Gasteiger partial charge in [0, 0.05) is 10.4 Å². The van der Waals surface area contributed by atoms with E-state index in [1.54, 1.807) is 24.3 Å². The fourth-order valence-electron chi connectivity index (χ4n) is 2.69. The third-order valence-electron chi connectivity index (χ3n) is 4.14. The number of amides is 1. The number of thiophene rings is 1. The number of aromatic amines is 1. The van der Waals surface area contributed by atoms with Gasteiger partial charge in [-0.1, -0.05) is 12.1 Å². The molecule has 0 fully saturated rings. The average molecular weight is 402 g/mol. The zero-order chi connectivity index (χ0) is 19.6. The van der Waals surface area contributed by atoms with Crippen LogP contribution in [-0.2, 0) is 10.5 Å². The number of rotatable bonds is 6. The Balaban J connectivity index is 1.63. The Labute approximate surface area is 164 Å². The molecule has 6 nitrogen and oxygen atoms in total. The van der Waals surface area contributed by atoms with Crippen LogP contribution in [0.4, 0.5) is 5.69 Å². The van der Waals surface area contributed by atoms with E-state index in [0.717, 1.165) is 15.3 Å². The molecule has 0 saturated heterocycles. The van der Waals surface area contributed by atoms with Crippen molar-refractivity contribution in [3.8, 4) is 0 Å². The molecule has 2 aromatic heterocycles. The molecule has 0 aliphatic carbocycles. The Morgan fingerprint density at radius 3 is 2.74 bits per heavy atom. The van der Waals surface area contributed by atoms with Crippen LogP contribution in [0.3, 0.4) is 0 Å². The Bertz CT molecular complexity index is 1090. The number of nitrogens with one attached hydrogen (secondary N) is 2. The molecule has 0 radical (unpaired) electrons. The van der Waals surface area contributed by atoms with E-state index < -0.39 is 0 Å². The Morgan fingerprint density at radius 2 is 2.00 bits per heavy atom. The lowest BCUT2D eigenvalue weighted by Gasteiger charge is -2.08. The molecule has 2 N–H and O–H groups in total. The number of carbonyl (C=O) groups is 2. The first-order chi connectivity index (χ1) is 12.9. The molecule has 140 valence electrons. The van der Waals surface area contributed by atoms with Gasteiger partial charge in [-0.15, -0.1) is 23.1 Å². The fraction of sp³-hybridized carbons (Fsp3) is 0.263. The highest BCUT2D eigenvalue weighted by Gasteiger charge is 2.13. The molecule has 0 spiro atoms. The maximum atomic E-state index is 12.3. The van der Waals surface area contributed by atoms with Crippen LogP contribution in [0.25, 0.3) is 10.2 Å².